The van der Waals surface area contributed by atoms with E-state index in [0.717, 1.165) is 30.5 Å². The van der Waals surface area contributed by atoms with Crippen LogP contribution in [0.2, 0.25) is 0 Å². The molecule has 4 aliphatic rings. The Balaban J connectivity index is 0.00000220. The van der Waals surface area contributed by atoms with Crippen LogP contribution in [-0.4, -0.2) is 97.8 Å². The first-order chi connectivity index (χ1) is 18.4. The maximum atomic E-state index is 15.0. The molecule has 3 amide bonds. The van der Waals surface area contributed by atoms with Gasteiger partial charge in [-0.1, -0.05) is 24.3 Å². The monoisotopic (exact) mass is 601 g/mol. The fourth-order valence-electron chi connectivity index (χ4n) is 6.47. The second-order valence-electron chi connectivity index (χ2n) is 11.1. The number of benzene rings is 1. The Morgan fingerprint density at radius 2 is 1.80 bits per heavy atom. The number of alkyl halides is 1. The number of piperazine rings is 1. The van der Waals surface area contributed by atoms with E-state index in [2.05, 4.69) is 20.9 Å². The normalized spacial score (nSPS) is 27.8. The Kier molecular flexibility index (Phi) is 11.6. The van der Waals surface area contributed by atoms with Gasteiger partial charge in [0.1, 0.15) is 18.3 Å². The van der Waals surface area contributed by atoms with Crippen LogP contribution < -0.4 is 16.0 Å². The van der Waals surface area contributed by atoms with Crippen molar-refractivity contribution in [1.82, 2.24) is 25.8 Å². The Morgan fingerprint density at radius 3 is 2.52 bits per heavy atom. The summed E-state index contributed by atoms with van der Waals surface area (Å²) in [7, 11) is 1.70. The lowest BCUT2D eigenvalue weighted by Gasteiger charge is -2.45. The van der Waals surface area contributed by atoms with Crippen LogP contribution in [0.25, 0.3) is 0 Å². The molecule has 9 nitrogen and oxygen atoms in total. The predicted octanol–water partition coefficient (Wildman–Crippen LogP) is 1.78. The number of carbonyl (C=O) groups is 3. The van der Waals surface area contributed by atoms with Gasteiger partial charge in [-0.15, -0.1) is 24.8 Å². The molecule has 40 heavy (non-hydrogen) atoms. The standard InChI is InChI=1S/C28H40FN5O4.2ClH/c1-17(30-2)26(35)31-24(18-9-12-38-13-10-18)28(37)34-15-20-7-5-11-33(20)16-23(34)27(36)32-25-21-8-4-3-6-19(21)14-22(25)29;;/h3-4,6,8,17-18,20,22-25,30H,5,7,9-16H2,1-2H3,(H,31,35)(H,32,36);2*1H/t17-,20+,22-,23-,24-,25-;;/m0../s1. The molecule has 5 rings (SSSR count). The number of likely N-dealkylation sites (N-methyl/N-ethyl adjacent to an activating group) is 1. The van der Waals surface area contributed by atoms with Crippen molar-refractivity contribution in [2.45, 2.75) is 75.4 Å². The lowest BCUT2D eigenvalue weighted by Crippen LogP contribution is -2.66. The van der Waals surface area contributed by atoms with E-state index in [0.29, 0.717) is 39.1 Å². The quantitative estimate of drug-likeness (QED) is 0.440. The van der Waals surface area contributed by atoms with E-state index in [1.807, 2.05) is 24.3 Å². The molecule has 6 atom stereocenters. The molecule has 0 aromatic heterocycles. The van der Waals surface area contributed by atoms with Gasteiger partial charge in [0.05, 0.1) is 12.1 Å². The number of ether oxygens (including phenoxy) is 1. The molecule has 3 saturated heterocycles. The van der Waals surface area contributed by atoms with Crippen molar-refractivity contribution in [3.8, 4) is 0 Å². The highest BCUT2D eigenvalue weighted by Crippen LogP contribution is 2.34. The Hall–Kier alpha value is -1.98. The summed E-state index contributed by atoms with van der Waals surface area (Å²) in [5, 5.41) is 8.88. The van der Waals surface area contributed by atoms with Gasteiger partial charge in [-0.25, -0.2) is 4.39 Å². The summed E-state index contributed by atoms with van der Waals surface area (Å²) >= 11 is 0. The molecule has 0 bridgehead atoms. The molecule has 12 heteroatoms. The van der Waals surface area contributed by atoms with Crippen molar-refractivity contribution < 1.29 is 23.5 Å². The van der Waals surface area contributed by atoms with Gasteiger partial charge >= 0.3 is 0 Å². The van der Waals surface area contributed by atoms with Crippen LogP contribution in [-0.2, 0) is 25.5 Å². The average Bonchev–Trinajstić information content (AvgIpc) is 3.53. The van der Waals surface area contributed by atoms with Gasteiger partial charge in [0.15, 0.2) is 0 Å². The number of carbonyl (C=O) groups excluding carboxylic acids is 3. The van der Waals surface area contributed by atoms with Crippen LogP contribution in [0.5, 0.6) is 0 Å². The van der Waals surface area contributed by atoms with Crippen LogP contribution in [0.1, 0.15) is 49.8 Å². The van der Waals surface area contributed by atoms with E-state index in [9.17, 15) is 14.4 Å². The molecule has 0 radical (unpaired) electrons. The zero-order valence-electron chi connectivity index (χ0n) is 23.1. The van der Waals surface area contributed by atoms with Gasteiger partial charge in [-0.2, -0.15) is 0 Å². The van der Waals surface area contributed by atoms with Crippen LogP contribution in [0.15, 0.2) is 24.3 Å². The van der Waals surface area contributed by atoms with E-state index in [-0.39, 0.29) is 60.9 Å². The number of hydrogen-bond acceptors (Lipinski definition) is 6. The van der Waals surface area contributed by atoms with E-state index in [4.69, 9.17) is 4.74 Å². The molecule has 1 aromatic rings. The maximum Gasteiger partial charge on any atom is 0.246 e. The number of hydrogen-bond donors (Lipinski definition) is 3. The Morgan fingerprint density at radius 1 is 1.07 bits per heavy atom. The molecule has 3 fully saturated rings. The first kappa shape index (κ1) is 32.5. The third kappa shape index (κ3) is 6.73. The highest BCUT2D eigenvalue weighted by molar-refractivity contribution is 5.93. The molecule has 0 spiro atoms. The maximum absolute atomic E-state index is 15.0. The van der Waals surface area contributed by atoms with Gasteiger partial charge in [-0.05, 0) is 63.2 Å². The van der Waals surface area contributed by atoms with Crippen LogP contribution in [0.3, 0.4) is 0 Å². The summed E-state index contributed by atoms with van der Waals surface area (Å²) in [5.74, 6) is -0.898. The largest absolute Gasteiger partial charge is 0.381 e. The van der Waals surface area contributed by atoms with E-state index in [1.54, 1.807) is 18.9 Å². The smallest absolute Gasteiger partial charge is 0.246 e. The first-order valence-electron chi connectivity index (χ1n) is 14.0. The molecule has 3 heterocycles. The lowest BCUT2D eigenvalue weighted by molar-refractivity contribution is -0.150. The summed E-state index contributed by atoms with van der Waals surface area (Å²) in [6.07, 6.45) is 2.36. The van der Waals surface area contributed by atoms with Gasteiger partial charge in [0.2, 0.25) is 17.7 Å². The van der Waals surface area contributed by atoms with Crippen molar-refractivity contribution in [2.24, 2.45) is 5.92 Å². The zero-order chi connectivity index (χ0) is 26.8. The van der Waals surface area contributed by atoms with E-state index < -0.39 is 30.3 Å². The van der Waals surface area contributed by atoms with Crippen LogP contribution in [0, 0.1) is 5.92 Å². The van der Waals surface area contributed by atoms with Crippen LogP contribution >= 0.6 is 24.8 Å². The molecule has 0 unspecified atom stereocenters. The average molecular weight is 603 g/mol. The molecule has 224 valence electrons. The van der Waals surface area contributed by atoms with Crippen molar-refractivity contribution >= 4 is 42.5 Å². The molecular weight excluding hydrogens is 560 g/mol. The molecule has 0 saturated carbocycles. The third-order valence-electron chi connectivity index (χ3n) is 8.87. The van der Waals surface area contributed by atoms with Crippen molar-refractivity contribution in [3.63, 3.8) is 0 Å². The highest BCUT2D eigenvalue weighted by Gasteiger charge is 2.46. The van der Waals surface area contributed by atoms with Gasteiger partial charge in [0.25, 0.3) is 0 Å². The minimum Gasteiger partial charge on any atom is -0.381 e. The third-order valence-corrected chi connectivity index (χ3v) is 8.87. The Bertz CT molecular complexity index is 1050. The number of fused-ring (bicyclic) bond motifs is 2. The first-order valence-corrected chi connectivity index (χ1v) is 14.0. The summed E-state index contributed by atoms with van der Waals surface area (Å²) in [6, 6.07) is 5.00. The topological polar surface area (TPSA) is 103 Å². The molecular formula is C28H42Cl2FN5O4. The van der Waals surface area contributed by atoms with Crippen LogP contribution in [0.4, 0.5) is 4.39 Å². The number of nitrogens with one attached hydrogen (secondary N) is 3. The summed E-state index contributed by atoms with van der Waals surface area (Å²) in [5.41, 5.74) is 1.71. The minimum absolute atomic E-state index is 0. The fourth-order valence-corrected chi connectivity index (χ4v) is 6.47. The van der Waals surface area contributed by atoms with Gasteiger partial charge in [-0.3, -0.25) is 19.3 Å². The second kappa shape index (κ2) is 14.3. The molecule has 3 aliphatic heterocycles. The SMILES string of the molecule is CN[C@@H](C)C(=O)N[C@H](C(=O)N1C[C@H]2CCCN2C[C@H]1C(=O)N[C@H]1c2ccccc2C[C@@H]1F)C1CCOCC1.Cl.Cl. The zero-order valence-corrected chi connectivity index (χ0v) is 24.8. The number of halogens is 3. The van der Waals surface area contributed by atoms with E-state index in [1.165, 1.54) is 0 Å². The Labute approximate surface area is 248 Å². The molecule has 1 aromatic carbocycles. The second-order valence-corrected chi connectivity index (χ2v) is 11.1. The summed E-state index contributed by atoms with van der Waals surface area (Å²) in [4.78, 5) is 44.8. The van der Waals surface area contributed by atoms with E-state index >= 15 is 4.39 Å². The van der Waals surface area contributed by atoms with Crippen molar-refractivity contribution in [3.05, 3.63) is 35.4 Å². The number of rotatable bonds is 7. The minimum atomic E-state index is -1.21. The van der Waals surface area contributed by atoms with Gasteiger partial charge < -0.3 is 25.6 Å². The highest BCUT2D eigenvalue weighted by atomic mass is 35.5. The number of nitrogens with zero attached hydrogens (tertiary/aromatic N) is 2. The summed E-state index contributed by atoms with van der Waals surface area (Å²) in [6.45, 7) is 4.54. The molecule has 3 N–H and O–H groups in total. The van der Waals surface area contributed by atoms with Crippen molar-refractivity contribution in [1.29, 1.82) is 0 Å². The number of amides is 3. The lowest BCUT2D eigenvalue weighted by atomic mass is 9.89. The van der Waals surface area contributed by atoms with Crippen molar-refractivity contribution in [2.75, 3.05) is 39.9 Å². The van der Waals surface area contributed by atoms with Gasteiger partial charge in [0, 0.05) is 38.8 Å². The fraction of sp³-hybridized carbons (Fsp3) is 0.679. The predicted molar refractivity (Wildman–Crippen MR) is 155 cm³/mol. The molecule has 1 aliphatic carbocycles. The summed E-state index contributed by atoms with van der Waals surface area (Å²) < 4.78 is 20.6.